The van der Waals surface area contributed by atoms with Crippen molar-refractivity contribution in [3.05, 3.63) is 35.9 Å². The van der Waals surface area contributed by atoms with Gasteiger partial charge in [-0.2, -0.15) is 0 Å². The molecule has 2 aromatic rings. The second kappa shape index (κ2) is 6.41. The maximum atomic E-state index is 13.9. The van der Waals surface area contributed by atoms with Crippen molar-refractivity contribution in [2.24, 2.45) is 0 Å². The highest BCUT2D eigenvalue weighted by atomic mass is 19.1. The third kappa shape index (κ3) is 2.85. The van der Waals surface area contributed by atoms with Crippen LogP contribution >= 0.6 is 0 Å². The minimum absolute atomic E-state index is 0.155. The van der Waals surface area contributed by atoms with Gasteiger partial charge in [-0.05, 0) is 12.5 Å². The monoisotopic (exact) mass is 329 g/mol. The molecule has 126 valence electrons. The summed E-state index contributed by atoms with van der Waals surface area (Å²) in [6, 6.07) is 2.98. The van der Waals surface area contributed by atoms with E-state index in [9.17, 15) is 9.18 Å². The minimum atomic E-state index is -0.454. The lowest BCUT2D eigenvalue weighted by Crippen LogP contribution is -2.49. The molecule has 1 N–H and O–H groups in total. The second-order valence-electron chi connectivity index (χ2n) is 6.36. The smallest absolute Gasteiger partial charge is 0.256 e. The molecule has 1 atom stereocenters. The van der Waals surface area contributed by atoms with Crippen molar-refractivity contribution >= 4 is 16.9 Å². The van der Waals surface area contributed by atoms with Crippen LogP contribution in [0, 0.1) is 5.82 Å². The van der Waals surface area contributed by atoms with Gasteiger partial charge in [0.1, 0.15) is 11.3 Å². The van der Waals surface area contributed by atoms with Gasteiger partial charge in [0.25, 0.3) is 5.91 Å². The second-order valence-corrected chi connectivity index (χ2v) is 6.36. The number of carbonyl (C=O) groups is 1. The number of hydrogen-bond donors (Lipinski definition) is 1. The van der Waals surface area contributed by atoms with Crippen LogP contribution in [0.15, 0.2) is 24.5 Å². The highest BCUT2D eigenvalue weighted by Crippen LogP contribution is 2.22. The fraction of sp³-hybridized carbons (Fsp3) is 0.471. The summed E-state index contributed by atoms with van der Waals surface area (Å²) in [6.45, 7) is 5.41. The summed E-state index contributed by atoms with van der Waals surface area (Å²) in [6.07, 6.45) is 4.00. The number of benzene rings is 1. The number of nitrogens with zero attached hydrogens (tertiary/aromatic N) is 4. The molecule has 24 heavy (non-hydrogen) atoms. The van der Waals surface area contributed by atoms with Gasteiger partial charge < -0.3 is 10.2 Å². The Morgan fingerprint density at radius 2 is 1.96 bits per heavy atom. The molecular formula is C17H20FN5O. The molecule has 7 heteroatoms. The van der Waals surface area contributed by atoms with E-state index >= 15 is 0 Å². The number of amides is 1. The molecular weight excluding hydrogens is 309 g/mol. The third-order valence-corrected chi connectivity index (χ3v) is 4.89. The number of piperazine rings is 1. The molecule has 0 saturated carbocycles. The predicted octanol–water partition coefficient (Wildman–Crippen LogP) is 0.889. The van der Waals surface area contributed by atoms with Crippen LogP contribution in [0.2, 0.25) is 0 Å². The molecule has 0 radical (unpaired) electrons. The molecule has 0 spiro atoms. The van der Waals surface area contributed by atoms with Gasteiger partial charge in [0.05, 0.1) is 11.1 Å². The Labute approximate surface area is 139 Å². The number of aromatic nitrogens is 2. The molecule has 1 aromatic carbocycles. The normalized spacial score (nSPS) is 22.2. The van der Waals surface area contributed by atoms with Gasteiger partial charge in [-0.15, -0.1) is 0 Å². The highest BCUT2D eigenvalue weighted by Gasteiger charge is 2.32. The summed E-state index contributed by atoms with van der Waals surface area (Å²) in [5.41, 5.74) is 1.19. The van der Waals surface area contributed by atoms with Crippen LogP contribution < -0.4 is 5.32 Å². The Morgan fingerprint density at radius 1 is 1.17 bits per heavy atom. The summed E-state index contributed by atoms with van der Waals surface area (Å²) in [4.78, 5) is 25.5. The lowest BCUT2D eigenvalue weighted by atomic mass is 10.1. The fourth-order valence-electron chi connectivity index (χ4n) is 3.65. The molecule has 1 aromatic heterocycles. The van der Waals surface area contributed by atoms with Crippen molar-refractivity contribution in [1.29, 1.82) is 0 Å². The average Bonchev–Trinajstić information content (AvgIpc) is 3.11. The van der Waals surface area contributed by atoms with Crippen LogP contribution in [0.1, 0.15) is 16.8 Å². The molecule has 3 heterocycles. The van der Waals surface area contributed by atoms with Crippen LogP contribution in [0.4, 0.5) is 4.39 Å². The number of likely N-dealkylation sites (tertiary alicyclic amines) is 1. The summed E-state index contributed by atoms with van der Waals surface area (Å²) in [7, 11) is 0. The zero-order chi connectivity index (χ0) is 16.5. The summed E-state index contributed by atoms with van der Waals surface area (Å²) >= 11 is 0. The van der Waals surface area contributed by atoms with E-state index < -0.39 is 5.82 Å². The molecule has 2 aliphatic heterocycles. The maximum Gasteiger partial charge on any atom is 0.256 e. The zero-order valence-corrected chi connectivity index (χ0v) is 13.4. The fourth-order valence-corrected chi connectivity index (χ4v) is 3.65. The van der Waals surface area contributed by atoms with Crippen molar-refractivity contribution in [1.82, 2.24) is 25.1 Å². The van der Waals surface area contributed by atoms with E-state index in [1.54, 1.807) is 0 Å². The SMILES string of the molecule is O=C(c1cc(F)cc2nccnc12)N1CCC(N2CCNCC2)C1. The van der Waals surface area contributed by atoms with E-state index in [0.717, 1.165) is 32.6 Å². The van der Waals surface area contributed by atoms with Crippen LogP contribution in [0.25, 0.3) is 11.0 Å². The zero-order valence-electron chi connectivity index (χ0n) is 13.4. The van der Waals surface area contributed by atoms with Crippen LogP contribution in [-0.2, 0) is 0 Å². The van der Waals surface area contributed by atoms with Gasteiger partial charge >= 0.3 is 0 Å². The largest absolute Gasteiger partial charge is 0.337 e. The molecule has 2 aliphatic rings. The summed E-state index contributed by atoms with van der Waals surface area (Å²) in [5, 5.41) is 3.35. The Balaban J connectivity index is 1.56. The van der Waals surface area contributed by atoms with Gasteiger partial charge in [-0.1, -0.05) is 0 Å². The molecule has 6 nitrogen and oxygen atoms in total. The lowest BCUT2D eigenvalue weighted by Gasteiger charge is -2.32. The molecule has 2 saturated heterocycles. The van der Waals surface area contributed by atoms with E-state index in [-0.39, 0.29) is 5.91 Å². The average molecular weight is 329 g/mol. The summed E-state index contributed by atoms with van der Waals surface area (Å²) in [5.74, 6) is -0.609. The molecule has 1 unspecified atom stereocenters. The van der Waals surface area contributed by atoms with Crippen LogP contribution in [-0.4, -0.2) is 71.0 Å². The van der Waals surface area contributed by atoms with E-state index in [0.29, 0.717) is 35.7 Å². The number of halogens is 1. The molecule has 0 bridgehead atoms. The van der Waals surface area contributed by atoms with Gasteiger partial charge in [0, 0.05) is 63.8 Å². The predicted molar refractivity (Wildman–Crippen MR) is 88.2 cm³/mol. The van der Waals surface area contributed by atoms with E-state index in [1.165, 1.54) is 24.5 Å². The standard InChI is InChI=1S/C17H20FN5O/c18-12-9-14(16-15(10-12)20-2-3-21-16)17(24)23-6-1-13(11-23)22-7-4-19-5-8-22/h2-3,9-10,13,19H,1,4-8,11H2. The number of nitrogens with one attached hydrogen (secondary N) is 1. The minimum Gasteiger partial charge on any atom is -0.337 e. The number of fused-ring (bicyclic) bond motifs is 1. The van der Waals surface area contributed by atoms with Crippen LogP contribution in [0.5, 0.6) is 0 Å². The Kier molecular flexibility index (Phi) is 4.12. The summed E-state index contributed by atoms with van der Waals surface area (Å²) < 4.78 is 13.9. The first-order valence-electron chi connectivity index (χ1n) is 8.37. The van der Waals surface area contributed by atoms with Gasteiger partial charge in [0.15, 0.2) is 0 Å². The van der Waals surface area contributed by atoms with Gasteiger partial charge in [-0.25, -0.2) is 4.39 Å². The Hall–Kier alpha value is -2.12. The van der Waals surface area contributed by atoms with Crippen molar-refractivity contribution in [2.75, 3.05) is 39.3 Å². The lowest BCUT2D eigenvalue weighted by molar-refractivity contribution is 0.0774. The first-order chi connectivity index (χ1) is 11.7. The topological polar surface area (TPSA) is 61.4 Å². The maximum absolute atomic E-state index is 13.9. The van der Waals surface area contributed by atoms with Crippen LogP contribution in [0.3, 0.4) is 0 Å². The molecule has 4 rings (SSSR count). The highest BCUT2D eigenvalue weighted by molar-refractivity contribution is 6.04. The number of carbonyl (C=O) groups excluding carboxylic acids is 1. The van der Waals surface area contributed by atoms with Gasteiger partial charge in [-0.3, -0.25) is 19.7 Å². The van der Waals surface area contributed by atoms with E-state index in [2.05, 4.69) is 20.2 Å². The van der Waals surface area contributed by atoms with Crippen molar-refractivity contribution in [3.63, 3.8) is 0 Å². The number of rotatable bonds is 2. The first-order valence-corrected chi connectivity index (χ1v) is 8.37. The van der Waals surface area contributed by atoms with E-state index in [4.69, 9.17) is 0 Å². The molecule has 1 amide bonds. The van der Waals surface area contributed by atoms with E-state index in [1.807, 2.05) is 4.90 Å². The third-order valence-electron chi connectivity index (χ3n) is 4.89. The molecule has 2 fully saturated rings. The van der Waals surface area contributed by atoms with Crippen molar-refractivity contribution < 1.29 is 9.18 Å². The van der Waals surface area contributed by atoms with Crippen molar-refractivity contribution in [3.8, 4) is 0 Å². The Morgan fingerprint density at radius 3 is 2.79 bits per heavy atom. The van der Waals surface area contributed by atoms with Crippen molar-refractivity contribution in [2.45, 2.75) is 12.5 Å². The Bertz CT molecular complexity index is 762. The van der Waals surface area contributed by atoms with Gasteiger partial charge in [0.2, 0.25) is 0 Å². The molecule has 0 aliphatic carbocycles. The first kappa shape index (κ1) is 15.4. The quantitative estimate of drug-likeness (QED) is 0.887. The number of hydrogen-bond acceptors (Lipinski definition) is 5.